The van der Waals surface area contributed by atoms with Crippen LogP contribution >= 0.6 is 0 Å². The molecule has 0 aromatic rings. The molecule has 0 aromatic heterocycles. The number of carboxylic acids is 1. The van der Waals surface area contributed by atoms with Crippen molar-refractivity contribution in [1.82, 2.24) is 0 Å². The fourth-order valence-corrected chi connectivity index (χ4v) is 8.98. The quantitative estimate of drug-likeness (QED) is 0.0195. The highest BCUT2D eigenvalue weighted by Gasteiger charge is 2.22. The summed E-state index contributed by atoms with van der Waals surface area (Å²) in [5.41, 5.74) is 0. The highest BCUT2D eigenvalue weighted by atomic mass is 16.7. The molecule has 85 heavy (non-hydrogen) atoms. The van der Waals surface area contributed by atoms with Gasteiger partial charge in [0.05, 0.1) is 40.3 Å². The molecule has 9 heteroatoms. The number of hydrogen-bond donors (Lipinski definition) is 0. The molecule has 2 unspecified atom stereocenters. The minimum Gasteiger partial charge on any atom is -0.545 e. The maximum absolute atomic E-state index is 12.9. The third-order valence-electron chi connectivity index (χ3n) is 14.1. The van der Waals surface area contributed by atoms with Crippen molar-refractivity contribution in [1.29, 1.82) is 0 Å². The first kappa shape index (κ1) is 80.2. The summed E-state index contributed by atoms with van der Waals surface area (Å²) in [5.74, 6) is -2.40. The lowest BCUT2D eigenvalue weighted by atomic mass is 10.0. The summed E-state index contributed by atoms with van der Waals surface area (Å²) in [7, 11) is 5.90. The average molecular weight is 1180 g/mol. The van der Waals surface area contributed by atoms with Gasteiger partial charge in [0.1, 0.15) is 13.2 Å². The van der Waals surface area contributed by atoms with Crippen LogP contribution in [0.4, 0.5) is 0 Å². The van der Waals surface area contributed by atoms with Gasteiger partial charge in [-0.25, -0.2) is 0 Å². The first-order chi connectivity index (χ1) is 41.6. The Morgan fingerprint density at radius 1 is 0.353 bits per heavy atom. The Bertz CT molecular complexity index is 1900. The summed E-state index contributed by atoms with van der Waals surface area (Å²) in [5, 5.41) is 11.8. The lowest BCUT2D eigenvalue weighted by molar-refractivity contribution is -0.870. The van der Waals surface area contributed by atoms with Crippen LogP contribution in [0.5, 0.6) is 0 Å². The van der Waals surface area contributed by atoms with Crippen LogP contribution < -0.4 is 5.11 Å². The second-order valence-electron chi connectivity index (χ2n) is 23.3. The molecule has 0 spiro atoms. The summed E-state index contributed by atoms with van der Waals surface area (Å²) >= 11 is 0. The van der Waals surface area contributed by atoms with Gasteiger partial charge >= 0.3 is 11.9 Å². The maximum atomic E-state index is 12.9. The van der Waals surface area contributed by atoms with E-state index in [0.29, 0.717) is 23.9 Å². The number of allylic oxidation sites excluding steroid dienone is 24. The molecular weight excluding hydrogens is 1050 g/mol. The Labute approximate surface area is 522 Å². The van der Waals surface area contributed by atoms with Gasteiger partial charge in [0.2, 0.25) is 0 Å². The average Bonchev–Trinajstić information content (AvgIpc) is 3.49. The number of esters is 2. The summed E-state index contributed by atoms with van der Waals surface area (Å²) in [6.45, 7) is 4.43. The second kappa shape index (κ2) is 65.2. The number of hydrogen-bond acceptors (Lipinski definition) is 8. The van der Waals surface area contributed by atoms with E-state index in [4.69, 9.17) is 18.9 Å². The third-order valence-corrected chi connectivity index (χ3v) is 14.1. The van der Waals surface area contributed by atoms with Crippen molar-refractivity contribution >= 4 is 17.9 Å². The van der Waals surface area contributed by atoms with Gasteiger partial charge in [0, 0.05) is 12.8 Å². The largest absolute Gasteiger partial charge is 0.545 e. The van der Waals surface area contributed by atoms with Gasteiger partial charge < -0.3 is 33.3 Å². The second-order valence-corrected chi connectivity index (χ2v) is 23.3. The van der Waals surface area contributed by atoms with Gasteiger partial charge in [-0.3, -0.25) is 9.59 Å². The molecule has 0 rings (SSSR count). The van der Waals surface area contributed by atoms with Crippen LogP contribution in [0.2, 0.25) is 0 Å². The van der Waals surface area contributed by atoms with Crippen LogP contribution in [0, 0.1) is 0 Å². The molecule has 0 aliphatic rings. The number of quaternary nitrogens is 1. The number of aliphatic carboxylic acids is 1. The molecule has 2 atom stereocenters. The number of carbonyl (C=O) groups excluding carboxylic acids is 3. The molecule has 0 amide bonds. The molecule has 0 aliphatic carbocycles. The van der Waals surface area contributed by atoms with Crippen molar-refractivity contribution in [3.05, 3.63) is 146 Å². The van der Waals surface area contributed by atoms with Gasteiger partial charge in [0.15, 0.2) is 12.4 Å². The third kappa shape index (κ3) is 66.5. The van der Waals surface area contributed by atoms with E-state index in [1.165, 1.54) is 122 Å². The van der Waals surface area contributed by atoms with Crippen molar-refractivity contribution in [2.24, 2.45) is 0 Å². The highest BCUT2D eigenvalue weighted by molar-refractivity contribution is 5.70. The molecule has 0 N–H and O–H groups in total. The predicted octanol–water partition coefficient (Wildman–Crippen LogP) is 19.8. The number of likely N-dealkylation sites (N-methyl/N-ethyl adjacent to an activating group) is 1. The normalized spacial score (nSPS) is 13.7. The van der Waals surface area contributed by atoms with Crippen molar-refractivity contribution in [2.75, 3.05) is 47.5 Å². The van der Waals surface area contributed by atoms with Crippen molar-refractivity contribution in [2.45, 2.75) is 270 Å². The minimum atomic E-state index is -1.64. The first-order valence-electron chi connectivity index (χ1n) is 34.0. The lowest BCUT2D eigenvalue weighted by Crippen LogP contribution is -2.44. The Morgan fingerprint density at radius 2 is 0.659 bits per heavy atom. The van der Waals surface area contributed by atoms with Crippen LogP contribution in [0.25, 0.3) is 0 Å². The Kier molecular flexibility index (Phi) is 61.4. The van der Waals surface area contributed by atoms with E-state index < -0.39 is 30.3 Å². The van der Waals surface area contributed by atoms with Crippen molar-refractivity contribution in [3.63, 3.8) is 0 Å². The molecule has 9 nitrogen and oxygen atoms in total. The van der Waals surface area contributed by atoms with Gasteiger partial charge in [0.25, 0.3) is 0 Å². The molecule has 0 aromatic carbocycles. The molecule has 0 bridgehead atoms. The predicted molar refractivity (Wildman–Crippen MR) is 361 cm³/mol. The summed E-state index contributed by atoms with van der Waals surface area (Å²) in [4.78, 5) is 37.3. The Balaban J connectivity index is 4.08. The first-order valence-corrected chi connectivity index (χ1v) is 34.0. The standard InChI is InChI=1S/C76H125NO8/c1-6-8-10-12-14-16-18-20-22-24-26-27-28-29-30-31-32-33-34-35-36-37-38-39-40-41-42-43-44-45-46-47-49-51-53-55-57-59-61-63-65-67-74(79)85-72(71-84-76(75(80)81)82-69-68-77(3,4)5)70-83-73(78)66-64-62-60-58-56-54-52-50-48-25-23-21-19-17-15-13-11-9-7-2/h8-11,14-17,20-23,26-27,29-30,32-33,48,50,54,56,60,62,72,76H,6-7,12-13,18-19,24-25,28,31,34-47,49,51-53,55,57-59,61,63-71H2,1-5H3/b10-8-,11-9-,16-14-,17-15-,22-20-,23-21-,27-26-,30-29-,33-32-,50-48-,56-54-,62-60-. The van der Waals surface area contributed by atoms with E-state index in [2.05, 4.69) is 148 Å². The zero-order valence-corrected chi connectivity index (χ0v) is 54.9. The fraction of sp³-hybridized carbons (Fsp3) is 0.645. The van der Waals surface area contributed by atoms with E-state index in [-0.39, 0.29) is 32.7 Å². The zero-order valence-electron chi connectivity index (χ0n) is 54.9. The number of unbranched alkanes of at least 4 members (excludes halogenated alkanes) is 22. The van der Waals surface area contributed by atoms with Crippen LogP contribution in [0.3, 0.4) is 0 Å². The van der Waals surface area contributed by atoms with Gasteiger partial charge in [-0.05, 0) is 103 Å². The summed E-state index contributed by atoms with van der Waals surface area (Å²) < 4.78 is 22.6. The molecule has 0 fully saturated rings. The number of carboxylic acid groups (broad SMARTS) is 1. The van der Waals surface area contributed by atoms with E-state index in [1.807, 2.05) is 33.3 Å². The molecule has 0 radical (unpaired) electrons. The molecule has 482 valence electrons. The van der Waals surface area contributed by atoms with Gasteiger partial charge in [-0.15, -0.1) is 0 Å². The van der Waals surface area contributed by atoms with Crippen LogP contribution in [-0.2, 0) is 33.3 Å². The maximum Gasteiger partial charge on any atom is 0.306 e. The van der Waals surface area contributed by atoms with Crippen LogP contribution in [0.1, 0.15) is 258 Å². The zero-order chi connectivity index (χ0) is 61.9. The van der Waals surface area contributed by atoms with Crippen LogP contribution in [0.15, 0.2) is 146 Å². The van der Waals surface area contributed by atoms with Gasteiger partial charge in [-0.2, -0.15) is 0 Å². The smallest absolute Gasteiger partial charge is 0.306 e. The molecule has 0 aliphatic heterocycles. The fourth-order valence-electron chi connectivity index (χ4n) is 8.98. The number of carbonyl (C=O) groups is 3. The van der Waals surface area contributed by atoms with Gasteiger partial charge in [-0.1, -0.05) is 288 Å². The summed E-state index contributed by atoms with van der Waals surface area (Å²) in [6, 6.07) is 0. The SMILES string of the molecule is CC/C=C\C/C=C\C/C=C\C/C=C\C/C=C\C/C=C\CCCCCCCCCCCCCCCCCCCCCCCCC(=O)OC(COC(=O)CC/C=C\C/C=C\C/C=C\C/C=C\C/C=C\C/C=C\CC)COC(OCC[N+](C)(C)C)C(=O)[O-]. The molecule has 0 heterocycles. The van der Waals surface area contributed by atoms with E-state index in [9.17, 15) is 19.5 Å². The number of rotatable bonds is 61. The van der Waals surface area contributed by atoms with Crippen molar-refractivity contribution in [3.8, 4) is 0 Å². The Hall–Kier alpha value is -4.83. The van der Waals surface area contributed by atoms with E-state index >= 15 is 0 Å². The molecule has 0 saturated heterocycles. The monoisotopic (exact) mass is 1180 g/mol. The minimum absolute atomic E-state index is 0.131. The molecule has 0 saturated carbocycles. The molecular formula is C76H125NO8. The van der Waals surface area contributed by atoms with E-state index in [1.54, 1.807) is 0 Å². The number of ether oxygens (including phenoxy) is 4. The highest BCUT2D eigenvalue weighted by Crippen LogP contribution is 2.17. The summed E-state index contributed by atoms with van der Waals surface area (Å²) in [6.07, 6.45) is 92.4. The van der Waals surface area contributed by atoms with Crippen molar-refractivity contribution < 1.29 is 42.9 Å². The van der Waals surface area contributed by atoms with E-state index in [0.717, 1.165) is 96.3 Å². The number of nitrogens with zero attached hydrogens (tertiary/aromatic N) is 1. The van der Waals surface area contributed by atoms with Crippen LogP contribution in [-0.4, -0.2) is 82.3 Å². The topological polar surface area (TPSA) is 111 Å². The lowest BCUT2D eigenvalue weighted by Gasteiger charge is -2.26. The Morgan fingerprint density at radius 3 is 0.988 bits per heavy atom.